The van der Waals surface area contributed by atoms with Gasteiger partial charge in [0.1, 0.15) is 0 Å². The van der Waals surface area contributed by atoms with Gasteiger partial charge in [0.2, 0.25) is 0 Å². The molecule has 0 atom stereocenters. The number of piperidine rings is 1. The maximum Gasteiger partial charge on any atom is 0.310 e. The van der Waals surface area contributed by atoms with Gasteiger partial charge in [0.15, 0.2) is 5.75 Å². The fourth-order valence-corrected chi connectivity index (χ4v) is 2.63. The molecule has 0 aliphatic carbocycles. The van der Waals surface area contributed by atoms with Crippen molar-refractivity contribution in [3.8, 4) is 5.75 Å². The number of likely N-dealkylation sites (tertiary alicyclic amines) is 1. The van der Waals surface area contributed by atoms with Gasteiger partial charge < -0.3 is 15.0 Å². The van der Waals surface area contributed by atoms with E-state index in [1.54, 1.807) is 0 Å². The van der Waals surface area contributed by atoms with Gasteiger partial charge in [-0.2, -0.15) is 0 Å². The van der Waals surface area contributed by atoms with Gasteiger partial charge >= 0.3 is 5.69 Å². The van der Waals surface area contributed by atoms with Crippen LogP contribution >= 0.6 is 0 Å². The molecule has 1 fully saturated rings. The molecule has 1 amide bonds. The standard InChI is InChI=1S/C15H21N3O4/c1-3-17-8-6-12(7-9-17)16-15(19)11-4-5-13(18(20)21)14(10-11)22-2/h4-5,10,12H,3,6-9H2,1-2H3,(H,16,19). The van der Waals surface area contributed by atoms with Gasteiger partial charge in [0, 0.05) is 36.8 Å². The minimum atomic E-state index is -0.527. The Morgan fingerprint density at radius 2 is 2.14 bits per heavy atom. The van der Waals surface area contributed by atoms with E-state index < -0.39 is 4.92 Å². The maximum atomic E-state index is 12.3. The van der Waals surface area contributed by atoms with Crippen LogP contribution in [-0.4, -0.2) is 48.5 Å². The van der Waals surface area contributed by atoms with E-state index >= 15 is 0 Å². The van der Waals surface area contributed by atoms with E-state index in [9.17, 15) is 14.9 Å². The van der Waals surface area contributed by atoms with Crippen LogP contribution in [0, 0.1) is 10.1 Å². The lowest BCUT2D eigenvalue weighted by atomic mass is 10.0. The van der Waals surface area contributed by atoms with Crippen LogP contribution in [0.3, 0.4) is 0 Å². The minimum Gasteiger partial charge on any atom is -0.490 e. The molecule has 0 spiro atoms. The van der Waals surface area contributed by atoms with E-state index in [-0.39, 0.29) is 23.4 Å². The van der Waals surface area contributed by atoms with Crippen molar-refractivity contribution in [1.29, 1.82) is 0 Å². The van der Waals surface area contributed by atoms with Gasteiger partial charge in [0.05, 0.1) is 12.0 Å². The average molecular weight is 307 g/mol. The summed E-state index contributed by atoms with van der Waals surface area (Å²) < 4.78 is 4.99. The van der Waals surface area contributed by atoms with Gasteiger partial charge in [0.25, 0.3) is 5.91 Å². The number of amides is 1. The Bertz CT molecular complexity index is 554. The lowest BCUT2D eigenvalue weighted by Gasteiger charge is -2.31. The quantitative estimate of drug-likeness (QED) is 0.662. The van der Waals surface area contributed by atoms with Crippen LogP contribution in [0.2, 0.25) is 0 Å². The lowest BCUT2D eigenvalue weighted by molar-refractivity contribution is -0.385. The number of benzene rings is 1. The molecule has 2 rings (SSSR count). The Morgan fingerprint density at radius 3 is 2.68 bits per heavy atom. The number of rotatable bonds is 5. The van der Waals surface area contributed by atoms with E-state index in [4.69, 9.17) is 4.74 Å². The number of methoxy groups -OCH3 is 1. The molecule has 0 radical (unpaired) electrons. The van der Waals surface area contributed by atoms with Crippen LogP contribution in [0.1, 0.15) is 30.1 Å². The molecular weight excluding hydrogens is 286 g/mol. The highest BCUT2D eigenvalue weighted by molar-refractivity contribution is 5.95. The first kappa shape index (κ1) is 16.2. The predicted octanol–water partition coefficient (Wildman–Crippen LogP) is 1.82. The topological polar surface area (TPSA) is 84.7 Å². The Morgan fingerprint density at radius 1 is 1.45 bits per heavy atom. The van der Waals surface area contributed by atoms with Crippen LogP contribution in [0.4, 0.5) is 5.69 Å². The Balaban J connectivity index is 2.02. The SMILES string of the molecule is CCN1CCC(NC(=O)c2ccc([N+](=O)[O-])c(OC)c2)CC1. The smallest absolute Gasteiger partial charge is 0.310 e. The highest BCUT2D eigenvalue weighted by atomic mass is 16.6. The van der Waals surface area contributed by atoms with E-state index in [0.29, 0.717) is 5.56 Å². The molecule has 1 aromatic rings. The molecule has 0 bridgehead atoms. The first-order valence-corrected chi connectivity index (χ1v) is 7.40. The van der Waals surface area contributed by atoms with E-state index in [2.05, 4.69) is 17.1 Å². The van der Waals surface area contributed by atoms with Crippen molar-refractivity contribution < 1.29 is 14.5 Å². The predicted molar refractivity (Wildman–Crippen MR) is 82.3 cm³/mol. The third-order valence-corrected chi connectivity index (χ3v) is 4.01. The summed E-state index contributed by atoms with van der Waals surface area (Å²) in [7, 11) is 1.35. The van der Waals surface area contributed by atoms with E-state index in [0.717, 1.165) is 32.5 Å². The number of carbonyl (C=O) groups excluding carboxylic acids is 1. The zero-order valence-electron chi connectivity index (χ0n) is 12.9. The van der Waals surface area contributed by atoms with Crippen molar-refractivity contribution in [2.24, 2.45) is 0 Å². The molecular formula is C15H21N3O4. The summed E-state index contributed by atoms with van der Waals surface area (Å²) in [5.41, 5.74) is 0.232. The molecule has 7 heteroatoms. The summed E-state index contributed by atoms with van der Waals surface area (Å²) in [6.45, 7) is 5.11. The number of carbonyl (C=O) groups is 1. The first-order valence-electron chi connectivity index (χ1n) is 7.40. The Labute approximate surface area is 129 Å². The molecule has 1 N–H and O–H groups in total. The normalized spacial score (nSPS) is 16.3. The van der Waals surface area contributed by atoms with Crippen LogP contribution in [-0.2, 0) is 0 Å². The summed E-state index contributed by atoms with van der Waals surface area (Å²) in [4.78, 5) is 24.9. The lowest BCUT2D eigenvalue weighted by Crippen LogP contribution is -2.44. The van der Waals surface area contributed by atoms with Gasteiger partial charge in [-0.25, -0.2) is 0 Å². The van der Waals surface area contributed by atoms with Crippen molar-refractivity contribution >= 4 is 11.6 Å². The van der Waals surface area contributed by atoms with Crippen molar-refractivity contribution in [2.45, 2.75) is 25.8 Å². The third kappa shape index (κ3) is 3.73. The van der Waals surface area contributed by atoms with E-state index in [1.165, 1.54) is 25.3 Å². The summed E-state index contributed by atoms with van der Waals surface area (Å²) >= 11 is 0. The van der Waals surface area contributed by atoms with Gasteiger partial charge in [-0.05, 0) is 25.5 Å². The van der Waals surface area contributed by atoms with Crippen molar-refractivity contribution in [3.05, 3.63) is 33.9 Å². The summed E-state index contributed by atoms with van der Waals surface area (Å²) in [6, 6.07) is 4.32. The van der Waals surface area contributed by atoms with Gasteiger partial charge in [-0.15, -0.1) is 0 Å². The zero-order chi connectivity index (χ0) is 16.1. The van der Waals surface area contributed by atoms with Gasteiger partial charge in [-0.3, -0.25) is 14.9 Å². The Kier molecular flexibility index (Phi) is 5.32. The number of nitro benzene ring substituents is 1. The van der Waals surface area contributed by atoms with E-state index in [1.807, 2.05) is 0 Å². The number of ether oxygens (including phenoxy) is 1. The molecule has 0 aromatic heterocycles. The number of nitro groups is 1. The fraction of sp³-hybridized carbons (Fsp3) is 0.533. The molecule has 1 saturated heterocycles. The van der Waals surface area contributed by atoms with Crippen molar-refractivity contribution in [1.82, 2.24) is 10.2 Å². The van der Waals surface area contributed by atoms with Crippen LogP contribution in [0.15, 0.2) is 18.2 Å². The van der Waals surface area contributed by atoms with Crippen LogP contribution < -0.4 is 10.1 Å². The molecule has 0 unspecified atom stereocenters. The number of nitrogens with zero attached hydrogens (tertiary/aromatic N) is 2. The van der Waals surface area contributed by atoms with Crippen molar-refractivity contribution in [3.63, 3.8) is 0 Å². The second kappa shape index (κ2) is 7.22. The van der Waals surface area contributed by atoms with Crippen LogP contribution in [0.25, 0.3) is 0 Å². The summed E-state index contributed by atoms with van der Waals surface area (Å²) in [5.74, 6) is -0.124. The molecule has 1 heterocycles. The highest BCUT2D eigenvalue weighted by Crippen LogP contribution is 2.27. The second-order valence-corrected chi connectivity index (χ2v) is 5.33. The van der Waals surface area contributed by atoms with Gasteiger partial charge in [-0.1, -0.05) is 6.92 Å². The highest BCUT2D eigenvalue weighted by Gasteiger charge is 2.22. The molecule has 1 aromatic carbocycles. The number of hydrogen-bond acceptors (Lipinski definition) is 5. The molecule has 120 valence electrons. The summed E-state index contributed by atoms with van der Waals surface area (Å²) in [6.07, 6.45) is 1.84. The average Bonchev–Trinajstić information content (AvgIpc) is 2.54. The minimum absolute atomic E-state index is 0.0958. The summed E-state index contributed by atoms with van der Waals surface area (Å²) in [5, 5.41) is 13.8. The Hall–Kier alpha value is -2.15. The zero-order valence-corrected chi connectivity index (χ0v) is 12.9. The first-order chi connectivity index (χ1) is 10.5. The fourth-order valence-electron chi connectivity index (χ4n) is 2.63. The molecule has 1 aliphatic heterocycles. The van der Waals surface area contributed by atoms with Crippen LogP contribution in [0.5, 0.6) is 5.75 Å². The largest absolute Gasteiger partial charge is 0.490 e. The molecule has 22 heavy (non-hydrogen) atoms. The maximum absolute atomic E-state index is 12.3. The van der Waals surface area contributed by atoms with Crippen molar-refractivity contribution in [2.75, 3.05) is 26.7 Å². The second-order valence-electron chi connectivity index (χ2n) is 5.33. The molecule has 1 aliphatic rings. The third-order valence-electron chi connectivity index (χ3n) is 4.01. The number of hydrogen-bond donors (Lipinski definition) is 1. The number of nitrogens with one attached hydrogen (secondary N) is 1. The monoisotopic (exact) mass is 307 g/mol. The molecule has 0 saturated carbocycles. The molecule has 7 nitrogen and oxygen atoms in total.